The van der Waals surface area contributed by atoms with E-state index in [0.717, 1.165) is 6.42 Å². The summed E-state index contributed by atoms with van der Waals surface area (Å²) >= 11 is 0. The van der Waals surface area contributed by atoms with Crippen LogP contribution in [0.4, 0.5) is 0 Å². The van der Waals surface area contributed by atoms with E-state index in [1.54, 1.807) is 0 Å². The van der Waals surface area contributed by atoms with Crippen LogP contribution in [0.3, 0.4) is 0 Å². The van der Waals surface area contributed by atoms with Crippen molar-refractivity contribution >= 4 is 0 Å². The van der Waals surface area contributed by atoms with E-state index in [0.29, 0.717) is 39.0 Å². The predicted molar refractivity (Wildman–Crippen MR) is 75.0 cm³/mol. The summed E-state index contributed by atoms with van der Waals surface area (Å²) in [6.07, 6.45) is 9.27. The first kappa shape index (κ1) is 14.0. The molecule has 0 aromatic rings. The van der Waals surface area contributed by atoms with Crippen LogP contribution >= 0.6 is 0 Å². The van der Waals surface area contributed by atoms with Crippen molar-refractivity contribution in [2.45, 2.75) is 19.3 Å². The molecule has 1 aliphatic carbocycles. The molecule has 0 amide bonds. The highest BCUT2D eigenvalue weighted by Gasteiger charge is 2.45. The van der Waals surface area contributed by atoms with Gasteiger partial charge in [-0.15, -0.1) is 0 Å². The predicted octanol–water partition coefficient (Wildman–Crippen LogP) is 2.43. The maximum Gasteiger partial charge on any atom is 0.307 e. The molecule has 4 aliphatic rings. The maximum atomic E-state index is 5.82. The molecule has 3 heterocycles. The summed E-state index contributed by atoms with van der Waals surface area (Å²) in [5.41, 5.74) is 1.18. The Hall–Kier alpha value is -0.940. The van der Waals surface area contributed by atoms with E-state index in [1.165, 1.54) is 5.57 Å². The number of ether oxygens (including phenoxy) is 4. The van der Waals surface area contributed by atoms with E-state index >= 15 is 0 Å². The van der Waals surface area contributed by atoms with E-state index in [4.69, 9.17) is 18.9 Å². The molecule has 0 saturated carbocycles. The van der Waals surface area contributed by atoms with Gasteiger partial charge in [-0.2, -0.15) is 0 Å². The Morgan fingerprint density at radius 1 is 1.30 bits per heavy atom. The standard InChI is InChI=1S/C16H22O4/c1-3-13-4-6-15(2,7-5-13)11-17-12-16-18-8-14(9-19-16)10-20-16/h3-6,14H,1,7-12H2,2H3. The van der Waals surface area contributed by atoms with Gasteiger partial charge in [0, 0.05) is 11.3 Å². The van der Waals surface area contributed by atoms with Crippen LogP contribution in [-0.2, 0) is 18.9 Å². The van der Waals surface area contributed by atoms with Gasteiger partial charge in [0.25, 0.3) is 0 Å². The topological polar surface area (TPSA) is 36.9 Å². The Kier molecular flexibility index (Phi) is 3.82. The summed E-state index contributed by atoms with van der Waals surface area (Å²) in [6, 6.07) is 0. The Balaban J connectivity index is 1.49. The van der Waals surface area contributed by atoms with Crippen molar-refractivity contribution in [3.63, 3.8) is 0 Å². The quantitative estimate of drug-likeness (QED) is 0.774. The molecule has 0 N–H and O–H groups in total. The molecule has 1 unspecified atom stereocenters. The second kappa shape index (κ2) is 5.45. The lowest BCUT2D eigenvalue weighted by molar-refractivity contribution is -0.458. The van der Waals surface area contributed by atoms with Gasteiger partial charge in [-0.05, 0) is 12.0 Å². The van der Waals surface area contributed by atoms with Gasteiger partial charge < -0.3 is 18.9 Å². The van der Waals surface area contributed by atoms with Gasteiger partial charge in [0.1, 0.15) is 6.61 Å². The zero-order valence-electron chi connectivity index (χ0n) is 12.0. The Bertz CT molecular complexity index is 418. The lowest BCUT2D eigenvalue weighted by Crippen LogP contribution is -2.56. The van der Waals surface area contributed by atoms with E-state index in [9.17, 15) is 0 Å². The highest BCUT2D eigenvalue weighted by molar-refractivity contribution is 5.33. The van der Waals surface area contributed by atoms with Gasteiger partial charge in [-0.1, -0.05) is 37.8 Å². The fraction of sp³-hybridized carbons (Fsp3) is 0.625. The number of fused-ring (bicyclic) bond motifs is 3. The monoisotopic (exact) mass is 278 g/mol. The molecule has 2 bridgehead atoms. The molecule has 4 rings (SSSR count). The fourth-order valence-electron chi connectivity index (χ4n) is 2.58. The zero-order chi connectivity index (χ0) is 14.1. The first-order valence-electron chi connectivity index (χ1n) is 7.15. The molecule has 20 heavy (non-hydrogen) atoms. The van der Waals surface area contributed by atoms with Gasteiger partial charge in [0.15, 0.2) is 0 Å². The molecular weight excluding hydrogens is 256 g/mol. The van der Waals surface area contributed by atoms with Crippen LogP contribution in [-0.4, -0.2) is 39.0 Å². The summed E-state index contributed by atoms with van der Waals surface area (Å²) in [4.78, 5) is 0. The molecule has 0 aromatic carbocycles. The number of hydrogen-bond acceptors (Lipinski definition) is 4. The average molecular weight is 278 g/mol. The van der Waals surface area contributed by atoms with Crippen molar-refractivity contribution in [2.24, 2.45) is 11.3 Å². The molecule has 110 valence electrons. The molecule has 0 spiro atoms. The second-order valence-electron chi connectivity index (χ2n) is 6.07. The maximum absolute atomic E-state index is 5.82. The number of hydrogen-bond donors (Lipinski definition) is 0. The van der Waals surface area contributed by atoms with Crippen molar-refractivity contribution in [1.29, 1.82) is 0 Å². The minimum atomic E-state index is -0.967. The summed E-state index contributed by atoms with van der Waals surface area (Å²) in [5.74, 6) is -0.593. The van der Waals surface area contributed by atoms with Gasteiger partial charge in [-0.25, -0.2) is 0 Å². The minimum Gasteiger partial charge on any atom is -0.372 e. The molecule has 1 atom stereocenters. The highest BCUT2D eigenvalue weighted by atomic mass is 16.9. The molecule has 4 nitrogen and oxygen atoms in total. The van der Waals surface area contributed by atoms with E-state index in [1.807, 2.05) is 6.08 Å². The van der Waals surface area contributed by atoms with Gasteiger partial charge >= 0.3 is 5.97 Å². The van der Waals surface area contributed by atoms with E-state index in [2.05, 4.69) is 31.7 Å². The average Bonchev–Trinajstić information content (AvgIpc) is 2.50. The van der Waals surface area contributed by atoms with Crippen molar-refractivity contribution in [1.82, 2.24) is 0 Å². The van der Waals surface area contributed by atoms with Crippen LogP contribution in [0, 0.1) is 11.3 Å². The van der Waals surface area contributed by atoms with Crippen molar-refractivity contribution in [3.8, 4) is 0 Å². The fourth-order valence-corrected chi connectivity index (χ4v) is 2.58. The van der Waals surface area contributed by atoms with Crippen molar-refractivity contribution in [2.75, 3.05) is 33.0 Å². The third kappa shape index (κ3) is 2.88. The lowest BCUT2D eigenvalue weighted by Gasteiger charge is -2.45. The third-order valence-corrected chi connectivity index (χ3v) is 4.05. The minimum absolute atomic E-state index is 0.00895. The molecule has 4 heteroatoms. The molecule has 3 aliphatic heterocycles. The van der Waals surface area contributed by atoms with Crippen LogP contribution in [0.15, 0.2) is 36.5 Å². The molecule has 3 fully saturated rings. The summed E-state index contributed by atoms with van der Waals surface area (Å²) in [6.45, 7) is 9.00. The molecule has 3 saturated heterocycles. The normalized spacial score (nSPS) is 39.6. The smallest absolute Gasteiger partial charge is 0.307 e. The van der Waals surface area contributed by atoms with Crippen LogP contribution in [0.5, 0.6) is 0 Å². The van der Waals surface area contributed by atoms with Crippen LogP contribution in [0.2, 0.25) is 0 Å². The summed E-state index contributed by atoms with van der Waals surface area (Å²) in [5, 5.41) is 0. The lowest BCUT2D eigenvalue weighted by atomic mass is 9.83. The van der Waals surface area contributed by atoms with Crippen molar-refractivity contribution < 1.29 is 18.9 Å². The first-order valence-corrected chi connectivity index (χ1v) is 7.15. The molecule has 0 radical (unpaired) electrons. The van der Waals surface area contributed by atoms with Crippen LogP contribution < -0.4 is 0 Å². The van der Waals surface area contributed by atoms with Crippen LogP contribution in [0.1, 0.15) is 13.3 Å². The largest absolute Gasteiger partial charge is 0.372 e. The number of allylic oxidation sites excluding steroid dienone is 4. The van der Waals surface area contributed by atoms with Gasteiger partial charge in [-0.3, -0.25) is 0 Å². The van der Waals surface area contributed by atoms with E-state index in [-0.39, 0.29) is 5.41 Å². The SMILES string of the molecule is C=CC1=CCC(C)(COCC23OCC(CO2)CO3)C=C1. The summed E-state index contributed by atoms with van der Waals surface area (Å²) in [7, 11) is 0. The van der Waals surface area contributed by atoms with Crippen LogP contribution in [0.25, 0.3) is 0 Å². The second-order valence-corrected chi connectivity index (χ2v) is 6.07. The Labute approximate surface area is 120 Å². The molecular formula is C16H22O4. The van der Waals surface area contributed by atoms with Gasteiger partial charge in [0.05, 0.1) is 26.4 Å². The van der Waals surface area contributed by atoms with E-state index < -0.39 is 5.97 Å². The highest BCUT2D eigenvalue weighted by Crippen LogP contribution is 2.33. The number of rotatable bonds is 5. The van der Waals surface area contributed by atoms with Gasteiger partial charge in [0.2, 0.25) is 0 Å². The Morgan fingerprint density at radius 3 is 2.55 bits per heavy atom. The first-order chi connectivity index (χ1) is 9.63. The molecule has 0 aromatic heterocycles. The summed E-state index contributed by atoms with van der Waals surface area (Å²) < 4.78 is 22.6. The third-order valence-electron chi connectivity index (χ3n) is 4.05. The Morgan fingerprint density at radius 2 is 2.00 bits per heavy atom. The zero-order valence-corrected chi connectivity index (χ0v) is 12.0. The van der Waals surface area contributed by atoms with Crippen molar-refractivity contribution in [3.05, 3.63) is 36.5 Å².